The fraction of sp³-hybridized carbons (Fsp3) is 0.769. The van der Waals surface area contributed by atoms with E-state index in [2.05, 4.69) is 16.0 Å². The molecule has 0 aliphatic rings. The highest BCUT2D eigenvalue weighted by atomic mass is 16.5. The van der Waals surface area contributed by atoms with Gasteiger partial charge in [0.25, 0.3) is 0 Å². The second-order valence-electron chi connectivity index (χ2n) is 4.67. The molecule has 0 aromatic rings. The fourth-order valence-electron chi connectivity index (χ4n) is 1.52. The minimum atomic E-state index is -0.584. The van der Waals surface area contributed by atoms with E-state index in [1.165, 1.54) is 12.0 Å². The average molecular weight is 318 g/mol. The highest BCUT2D eigenvalue weighted by Gasteiger charge is 2.12. The number of rotatable bonds is 11. The van der Waals surface area contributed by atoms with Crippen molar-refractivity contribution in [1.29, 1.82) is 0 Å². The molecule has 0 aliphatic carbocycles. The second kappa shape index (κ2) is 13.0. The van der Waals surface area contributed by atoms with E-state index in [0.717, 1.165) is 6.42 Å². The molecule has 0 rings (SSSR count). The number of hydrogen-bond acceptors (Lipinski definition) is 6. The van der Waals surface area contributed by atoms with Crippen molar-refractivity contribution in [2.24, 2.45) is 0 Å². The van der Waals surface area contributed by atoms with Gasteiger partial charge in [-0.3, -0.25) is 19.8 Å². The first-order valence-corrected chi connectivity index (χ1v) is 7.00. The number of imide groups is 1. The lowest BCUT2D eigenvalue weighted by atomic mass is 10.4. The standard InChI is InChI=1S/C13H26N4O5/c1-17(9-11(18)14-5-4-7-21-2)10-12(19)16-13(20)15-6-8-22-3/h4-10H2,1-3H3,(H,14,18)(H2,15,16,19,20). The van der Waals surface area contributed by atoms with E-state index in [-0.39, 0.29) is 19.0 Å². The van der Waals surface area contributed by atoms with Crippen molar-refractivity contribution >= 4 is 17.8 Å². The van der Waals surface area contributed by atoms with Gasteiger partial charge in [0.2, 0.25) is 11.8 Å². The Morgan fingerprint density at radius 2 is 1.55 bits per heavy atom. The largest absolute Gasteiger partial charge is 0.385 e. The van der Waals surface area contributed by atoms with Crippen molar-refractivity contribution in [3.8, 4) is 0 Å². The van der Waals surface area contributed by atoms with Gasteiger partial charge in [-0.15, -0.1) is 0 Å². The zero-order chi connectivity index (χ0) is 16.8. The van der Waals surface area contributed by atoms with Crippen LogP contribution in [-0.4, -0.2) is 83.4 Å². The third kappa shape index (κ3) is 12.1. The molecule has 0 radical (unpaired) electrons. The molecule has 22 heavy (non-hydrogen) atoms. The molecule has 0 atom stereocenters. The van der Waals surface area contributed by atoms with Crippen molar-refractivity contribution in [2.45, 2.75) is 6.42 Å². The third-order valence-corrected chi connectivity index (χ3v) is 2.52. The van der Waals surface area contributed by atoms with Crippen LogP contribution in [-0.2, 0) is 19.1 Å². The van der Waals surface area contributed by atoms with E-state index < -0.39 is 11.9 Å². The molecule has 0 aliphatic heterocycles. The van der Waals surface area contributed by atoms with E-state index in [1.807, 2.05) is 0 Å². The maximum atomic E-state index is 11.6. The molecule has 9 nitrogen and oxygen atoms in total. The molecular weight excluding hydrogens is 292 g/mol. The lowest BCUT2D eigenvalue weighted by Gasteiger charge is -2.15. The molecule has 0 heterocycles. The Balaban J connectivity index is 3.80. The molecule has 0 aromatic heterocycles. The fourth-order valence-corrected chi connectivity index (χ4v) is 1.52. The smallest absolute Gasteiger partial charge is 0.321 e. The molecule has 0 fully saturated rings. The van der Waals surface area contributed by atoms with Gasteiger partial charge in [0, 0.05) is 33.9 Å². The van der Waals surface area contributed by atoms with E-state index in [4.69, 9.17) is 9.47 Å². The molecule has 128 valence electrons. The molecule has 0 saturated heterocycles. The molecule has 3 N–H and O–H groups in total. The van der Waals surface area contributed by atoms with Crippen LogP contribution in [0.5, 0.6) is 0 Å². The van der Waals surface area contributed by atoms with Crippen molar-refractivity contribution in [3.05, 3.63) is 0 Å². The van der Waals surface area contributed by atoms with Gasteiger partial charge in [0.05, 0.1) is 19.7 Å². The monoisotopic (exact) mass is 318 g/mol. The number of likely N-dealkylation sites (N-methyl/N-ethyl adjacent to an activating group) is 1. The number of nitrogens with one attached hydrogen (secondary N) is 3. The summed E-state index contributed by atoms with van der Waals surface area (Å²) < 4.78 is 9.63. The quantitative estimate of drug-likeness (QED) is 0.402. The summed E-state index contributed by atoms with van der Waals surface area (Å²) in [7, 11) is 4.73. The zero-order valence-electron chi connectivity index (χ0n) is 13.4. The molecule has 0 bridgehead atoms. The first-order valence-electron chi connectivity index (χ1n) is 7.00. The molecule has 0 spiro atoms. The number of carbonyl (C=O) groups is 3. The lowest BCUT2D eigenvalue weighted by Crippen LogP contribution is -2.46. The third-order valence-electron chi connectivity index (χ3n) is 2.52. The highest BCUT2D eigenvalue weighted by molar-refractivity contribution is 5.95. The van der Waals surface area contributed by atoms with E-state index in [9.17, 15) is 14.4 Å². The first-order chi connectivity index (χ1) is 10.5. The van der Waals surface area contributed by atoms with Crippen LogP contribution < -0.4 is 16.0 Å². The Labute approximate surface area is 130 Å². The number of ether oxygens (including phenoxy) is 2. The Bertz CT molecular complexity index is 351. The number of urea groups is 1. The molecule has 0 unspecified atom stereocenters. The van der Waals surface area contributed by atoms with Gasteiger partial charge in [0.1, 0.15) is 0 Å². The van der Waals surface area contributed by atoms with Gasteiger partial charge < -0.3 is 20.1 Å². The normalized spacial score (nSPS) is 10.4. The molecule has 0 aromatic carbocycles. The Morgan fingerprint density at radius 3 is 2.18 bits per heavy atom. The summed E-state index contributed by atoms with van der Waals surface area (Å²) in [6.07, 6.45) is 0.730. The predicted octanol–water partition coefficient (Wildman–Crippen LogP) is -1.46. The Hall–Kier alpha value is -1.71. The first kappa shape index (κ1) is 20.3. The molecule has 4 amide bonds. The summed E-state index contributed by atoms with van der Waals surface area (Å²) in [5, 5.41) is 7.34. The van der Waals surface area contributed by atoms with E-state index >= 15 is 0 Å². The molecule has 9 heteroatoms. The highest BCUT2D eigenvalue weighted by Crippen LogP contribution is 1.84. The van der Waals surface area contributed by atoms with Gasteiger partial charge in [-0.25, -0.2) is 4.79 Å². The second-order valence-corrected chi connectivity index (χ2v) is 4.67. The van der Waals surface area contributed by atoms with Crippen LogP contribution in [0.15, 0.2) is 0 Å². The Morgan fingerprint density at radius 1 is 0.909 bits per heavy atom. The summed E-state index contributed by atoms with van der Waals surface area (Å²) >= 11 is 0. The van der Waals surface area contributed by atoms with E-state index in [0.29, 0.717) is 26.3 Å². The van der Waals surface area contributed by atoms with Crippen LogP contribution >= 0.6 is 0 Å². The van der Waals surface area contributed by atoms with Crippen molar-refractivity contribution in [1.82, 2.24) is 20.9 Å². The minimum absolute atomic E-state index is 0.0524. The number of carbonyl (C=O) groups excluding carboxylic acids is 3. The Kier molecular flexibility index (Phi) is 12.0. The van der Waals surface area contributed by atoms with Crippen LogP contribution in [0.4, 0.5) is 4.79 Å². The molecule has 0 saturated carbocycles. The topological polar surface area (TPSA) is 109 Å². The minimum Gasteiger partial charge on any atom is -0.385 e. The molecular formula is C13H26N4O5. The van der Waals surface area contributed by atoms with Crippen LogP contribution in [0.25, 0.3) is 0 Å². The average Bonchev–Trinajstić information content (AvgIpc) is 2.43. The number of methoxy groups -OCH3 is 2. The summed E-state index contributed by atoms with van der Waals surface area (Å²) in [6.45, 7) is 1.81. The van der Waals surface area contributed by atoms with Gasteiger partial charge in [-0.1, -0.05) is 0 Å². The van der Waals surface area contributed by atoms with Crippen molar-refractivity contribution < 1.29 is 23.9 Å². The predicted molar refractivity (Wildman–Crippen MR) is 80.4 cm³/mol. The number of nitrogens with zero attached hydrogens (tertiary/aromatic N) is 1. The van der Waals surface area contributed by atoms with Crippen LogP contribution in [0.2, 0.25) is 0 Å². The SMILES string of the molecule is COCCCNC(=O)CN(C)CC(=O)NC(=O)NCCOC. The van der Waals surface area contributed by atoms with Gasteiger partial charge >= 0.3 is 6.03 Å². The lowest BCUT2D eigenvalue weighted by molar-refractivity contribution is -0.124. The maximum absolute atomic E-state index is 11.6. The van der Waals surface area contributed by atoms with Crippen LogP contribution in [0.1, 0.15) is 6.42 Å². The van der Waals surface area contributed by atoms with E-state index in [1.54, 1.807) is 14.2 Å². The maximum Gasteiger partial charge on any atom is 0.321 e. The van der Waals surface area contributed by atoms with Gasteiger partial charge in [0.15, 0.2) is 0 Å². The van der Waals surface area contributed by atoms with Crippen molar-refractivity contribution in [3.63, 3.8) is 0 Å². The van der Waals surface area contributed by atoms with Gasteiger partial charge in [-0.05, 0) is 13.5 Å². The summed E-state index contributed by atoms with van der Waals surface area (Å²) in [5.41, 5.74) is 0. The van der Waals surface area contributed by atoms with Crippen LogP contribution in [0, 0.1) is 0 Å². The summed E-state index contributed by atoms with van der Waals surface area (Å²) in [6, 6.07) is -0.584. The zero-order valence-corrected chi connectivity index (χ0v) is 13.4. The summed E-state index contributed by atoms with van der Waals surface area (Å²) in [5.74, 6) is -0.666. The number of hydrogen-bond donors (Lipinski definition) is 3. The van der Waals surface area contributed by atoms with Crippen LogP contribution in [0.3, 0.4) is 0 Å². The number of amides is 4. The van der Waals surface area contributed by atoms with Crippen molar-refractivity contribution in [2.75, 3.05) is 60.7 Å². The van der Waals surface area contributed by atoms with Gasteiger partial charge in [-0.2, -0.15) is 0 Å². The summed E-state index contributed by atoms with van der Waals surface area (Å²) in [4.78, 5) is 36.0.